The van der Waals surface area contributed by atoms with Crippen molar-refractivity contribution in [1.82, 2.24) is 16.0 Å². The number of rotatable bonds is 16. The number of nitrogens with two attached hydrogens (primary N) is 2. The summed E-state index contributed by atoms with van der Waals surface area (Å²) in [5.41, 5.74) is 12.4. The Labute approximate surface area is 238 Å². The quantitative estimate of drug-likeness (QED) is 0.149. The summed E-state index contributed by atoms with van der Waals surface area (Å²) in [6, 6.07) is 10.3. The Bertz CT molecular complexity index is 1190. The molecule has 0 bridgehead atoms. The van der Waals surface area contributed by atoms with E-state index in [0.717, 1.165) is 5.56 Å². The molecule has 9 N–H and O–H groups in total. The van der Waals surface area contributed by atoms with Gasteiger partial charge in [-0.1, -0.05) is 56.3 Å². The smallest absolute Gasteiger partial charge is 0.326 e. The molecular formula is C29H39N5O7. The Hall–Kier alpha value is -4.45. The first-order chi connectivity index (χ1) is 19.3. The number of benzene rings is 2. The van der Waals surface area contributed by atoms with E-state index in [1.54, 1.807) is 42.5 Å². The molecule has 12 nitrogen and oxygen atoms in total. The Morgan fingerprint density at radius 3 is 1.83 bits per heavy atom. The number of carbonyl (C=O) groups is 5. The highest BCUT2D eigenvalue weighted by atomic mass is 16.4. The van der Waals surface area contributed by atoms with Crippen molar-refractivity contribution >= 4 is 29.6 Å². The maximum absolute atomic E-state index is 13.4. The third-order valence-electron chi connectivity index (χ3n) is 6.28. The van der Waals surface area contributed by atoms with Crippen molar-refractivity contribution in [2.24, 2.45) is 17.4 Å². The average Bonchev–Trinajstić information content (AvgIpc) is 2.91. The summed E-state index contributed by atoms with van der Waals surface area (Å²) in [5.74, 6) is -3.91. The average molecular weight is 570 g/mol. The highest BCUT2D eigenvalue weighted by Crippen LogP contribution is 2.13. The molecular weight excluding hydrogens is 530 g/mol. The number of hydrogen-bond acceptors (Lipinski definition) is 7. The van der Waals surface area contributed by atoms with Crippen molar-refractivity contribution < 1.29 is 34.2 Å². The molecule has 4 amide bonds. The Morgan fingerprint density at radius 2 is 1.27 bits per heavy atom. The molecule has 0 aliphatic rings. The second-order valence-corrected chi connectivity index (χ2v) is 10.3. The van der Waals surface area contributed by atoms with Gasteiger partial charge in [-0.15, -0.1) is 0 Å². The minimum Gasteiger partial charge on any atom is -0.508 e. The molecule has 222 valence electrons. The molecule has 12 heteroatoms. The van der Waals surface area contributed by atoms with Crippen LogP contribution in [0.3, 0.4) is 0 Å². The first-order valence-electron chi connectivity index (χ1n) is 13.3. The van der Waals surface area contributed by atoms with Crippen molar-refractivity contribution in [3.63, 3.8) is 0 Å². The monoisotopic (exact) mass is 569 g/mol. The first-order valence-corrected chi connectivity index (χ1v) is 13.3. The van der Waals surface area contributed by atoms with E-state index in [1.807, 2.05) is 13.8 Å². The molecule has 4 unspecified atom stereocenters. The van der Waals surface area contributed by atoms with Crippen molar-refractivity contribution in [2.45, 2.75) is 70.1 Å². The van der Waals surface area contributed by atoms with Crippen molar-refractivity contribution in [1.29, 1.82) is 0 Å². The van der Waals surface area contributed by atoms with Gasteiger partial charge in [-0.25, -0.2) is 4.79 Å². The third-order valence-corrected chi connectivity index (χ3v) is 6.28. The van der Waals surface area contributed by atoms with Crippen LogP contribution in [0, 0.1) is 5.92 Å². The lowest BCUT2D eigenvalue weighted by Gasteiger charge is -2.26. The molecule has 0 aliphatic carbocycles. The van der Waals surface area contributed by atoms with Crippen LogP contribution in [-0.4, -0.2) is 64.0 Å². The maximum Gasteiger partial charge on any atom is 0.326 e. The van der Waals surface area contributed by atoms with Crippen LogP contribution in [0.4, 0.5) is 0 Å². The number of aliphatic carboxylic acids is 1. The molecule has 0 aliphatic heterocycles. The molecule has 4 atom stereocenters. The maximum atomic E-state index is 13.4. The number of nitrogens with one attached hydrogen (secondary N) is 3. The number of aromatic hydroxyl groups is 1. The van der Waals surface area contributed by atoms with Crippen molar-refractivity contribution in [3.05, 3.63) is 65.7 Å². The van der Waals surface area contributed by atoms with Crippen LogP contribution in [0.2, 0.25) is 0 Å². The Balaban J connectivity index is 2.21. The van der Waals surface area contributed by atoms with Gasteiger partial charge in [0.15, 0.2) is 0 Å². The minimum atomic E-state index is -1.29. The van der Waals surface area contributed by atoms with Gasteiger partial charge >= 0.3 is 5.97 Å². The van der Waals surface area contributed by atoms with Crippen LogP contribution >= 0.6 is 0 Å². The van der Waals surface area contributed by atoms with E-state index in [9.17, 15) is 34.2 Å². The molecule has 41 heavy (non-hydrogen) atoms. The number of carbonyl (C=O) groups excluding carboxylic acids is 4. The summed E-state index contributed by atoms with van der Waals surface area (Å²) < 4.78 is 0. The van der Waals surface area contributed by atoms with E-state index < -0.39 is 53.8 Å². The second kappa shape index (κ2) is 16.0. The number of carboxylic acids is 1. The van der Waals surface area contributed by atoms with Gasteiger partial charge < -0.3 is 37.6 Å². The topological polar surface area (TPSA) is 214 Å². The molecule has 0 saturated heterocycles. The highest BCUT2D eigenvalue weighted by Gasteiger charge is 2.31. The van der Waals surface area contributed by atoms with Gasteiger partial charge in [0.25, 0.3) is 0 Å². The van der Waals surface area contributed by atoms with Gasteiger partial charge in [-0.3, -0.25) is 19.2 Å². The van der Waals surface area contributed by atoms with Crippen LogP contribution in [0.15, 0.2) is 54.6 Å². The zero-order valence-electron chi connectivity index (χ0n) is 23.2. The van der Waals surface area contributed by atoms with E-state index in [-0.39, 0.29) is 43.8 Å². The SMILES string of the molecule is CC(C)CC(NC(=O)C(Cc1ccccc1)NC(=O)C(N)CCC(N)=O)C(=O)NC(Cc1ccc(O)cc1)C(=O)O. The van der Waals surface area contributed by atoms with Crippen LogP contribution in [-0.2, 0) is 36.8 Å². The number of hydrogen-bond donors (Lipinski definition) is 7. The number of primary amides is 1. The van der Waals surface area contributed by atoms with Crippen molar-refractivity contribution in [2.75, 3.05) is 0 Å². The van der Waals surface area contributed by atoms with Crippen LogP contribution in [0.25, 0.3) is 0 Å². The molecule has 0 fully saturated rings. The minimum absolute atomic E-state index is 0.00314. The number of phenols is 1. The molecule has 0 saturated carbocycles. The predicted octanol–water partition coefficient (Wildman–Crippen LogP) is 0.355. The van der Waals surface area contributed by atoms with E-state index in [4.69, 9.17) is 11.5 Å². The van der Waals surface area contributed by atoms with E-state index in [0.29, 0.717) is 5.56 Å². The normalized spacial score (nSPS) is 13.9. The second-order valence-electron chi connectivity index (χ2n) is 10.3. The zero-order valence-corrected chi connectivity index (χ0v) is 23.2. The summed E-state index contributed by atoms with van der Waals surface area (Å²) in [4.78, 5) is 62.5. The fourth-order valence-electron chi connectivity index (χ4n) is 4.08. The zero-order chi connectivity index (χ0) is 30.5. The highest BCUT2D eigenvalue weighted by molar-refractivity contribution is 5.94. The Morgan fingerprint density at radius 1 is 0.756 bits per heavy atom. The van der Waals surface area contributed by atoms with Gasteiger partial charge in [0, 0.05) is 19.3 Å². The standard InChI is InChI=1S/C29H39N5O7/c1-17(2)14-22(27(38)34-24(29(40)41)16-19-8-10-20(35)11-9-19)33-28(39)23(15-18-6-4-3-5-7-18)32-26(37)21(30)12-13-25(31)36/h3-11,17,21-24,35H,12-16,30H2,1-2H3,(H2,31,36)(H,32,37)(H,33,39)(H,34,38)(H,40,41). The van der Waals surface area contributed by atoms with E-state index in [1.165, 1.54) is 12.1 Å². The lowest BCUT2D eigenvalue weighted by molar-refractivity contribution is -0.142. The van der Waals surface area contributed by atoms with Gasteiger partial charge in [0.1, 0.15) is 23.9 Å². The van der Waals surface area contributed by atoms with Crippen LogP contribution in [0.5, 0.6) is 5.75 Å². The summed E-state index contributed by atoms with van der Waals surface area (Å²) in [6.45, 7) is 3.69. The summed E-state index contributed by atoms with van der Waals surface area (Å²) in [6.07, 6.45) is 0.148. The van der Waals surface area contributed by atoms with Crippen LogP contribution < -0.4 is 27.4 Å². The fourth-order valence-corrected chi connectivity index (χ4v) is 4.08. The molecule has 0 aromatic heterocycles. The summed E-state index contributed by atoms with van der Waals surface area (Å²) >= 11 is 0. The molecule has 0 spiro atoms. The predicted molar refractivity (Wildman–Crippen MR) is 151 cm³/mol. The van der Waals surface area contributed by atoms with Gasteiger partial charge in [-0.05, 0) is 42.0 Å². The molecule has 0 heterocycles. The van der Waals surface area contributed by atoms with Crippen molar-refractivity contribution in [3.8, 4) is 5.75 Å². The van der Waals surface area contributed by atoms with Crippen LogP contribution in [0.1, 0.15) is 44.2 Å². The Kier molecular flexibility index (Phi) is 12.8. The third kappa shape index (κ3) is 11.7. The lowest BCUT2D eigenvalue weighted by Crippen LogP contribution is -2.58. The molecule has 0 radical (unpaired) electrons. The van der Waals surface area contributed by atoms with Gasteiger partial charge in [-0.2, -0.15) is 0 Å². The molecule has 2 aromatic carbocycles. The number of carboxylic acid groups (broad SMARTS) is 1. The number of amides is 4. The summed E-state index contributed by atoms with van der Waals surface area (Å²) in [5, 5.41) is 27.0. The first kappa shape index (κ1) is 32.8. The van der Waals surface area contributed by atoms with Gasteiger partial charge in [0.2, 0.25) is 23.6 Å². The largest absolute Gasteiger partial charge is 0.508 e. The summed E-state index contributed by atoms with van der Waals surface area (Å²) in [7, 11) is 0. The fraction of sp³-hybridized carbons (Fsp3) is 0.414. The molecule has 2 aromatic rings. The van der Waals surface area contributed by atoms with E-state index >= 15 is 0 Å². The van der Waals surface area contributed by atoms with E-state index in [2.05, 4.69) is 16.0 Å². The molecule has 2 rings (SSSR count). The van der Waals surface area contributed by atoms with Gasteiger partial charge in [0.05, 0.1) is 6.04 Å². The number of phenolic OH excluding ortho intramolecular Hbond substituents is 1. The lowest BCUT2D eigenvalue weighted by atomic mass is 9.99.